The van der Waals surface area contributed by atoms with E-state index in [9.17, 15) is 14.4 Å². The fourth-order valence-electron chi connectivity index (χ4n) is 3.23. The minimum absolute atomic E-state index is 0.0786. The van der Waals surface area contributed by atoms with Crippen LogP contribution in [0, 0.1) is 0 Å². The fraction of sp³-hybridized carbons (Fsp3) is 0.190. The van der Waals surface area contributed by atoms with E-state index in [0.717, 1.165) is 4.57 Å². The Bertz CT molecular complexity index is 1320. The summed E-state index contributed by atoms with van der Waals surface area (Å²) in [6.07, 6.45) is 0. The van der Waals surface area contributed by atoms with E-state index >= 15 is 0 Å². The lowest BCUT2D eigenvalue weighted by Gasteiger charge is -2.18. The Morgan fingerprint density at radius 3 is 2.43 bits per heavy atom. The number of nitrogens with one attached hydrogen (secondary N) is 3. The number of para-hydroxylation sites is 1. The van der Waals surface area contributed by atoms with Crippen LogP contribution in [0.25, 0.3) is 10.9 Å². The zero-order valence-corrected chi connectivity index (χ0v) is 16.4. The molecule has 0 aliphatic carbocycles. The monoisotopic (exact) mass is 404 g/mol. The number of carbonyl (C=O) groups excluding carboxylic acids is 1. The molecule has 4 rings (SSSR count). The molecule has 2 aromatic heterocycles. The maximum Gasteiger partial charge on any atom is 0.329 e. The number of fused-ring (bicyclic) bond motifs is 1. The number of rotatable bonds is 5. The molecule has 1 atom stereocenters. The molecule has 9 nitrogen and oxygen atoms in total. The first-order valence-electron chi connectivity index (χ1n) is 9.47. The van der Waals surface area contributed by atoms with Crippen molar-refractivity contribution in [1.29, 1.82) is 0 Å². The molecule has 3 N–H and O–H groups in total. The summed E-state index contributed by atoms with van der Waals surface area (Å²) in [6, 6.07) is 14.1. The lowest BCUT2D eigenvalue weighted by molar-refractivity contribution is -0.118. The molecule has 9 heteroatoms. The molecule has 152 valence electrons. The molecule has 0 aliphatic rings. The van der Waals surface area contributed by atoms with Gasteiger partial charge in [0.25, 0.3) is 11.5 Å². The highest BCUT2D eigenvalue weighted by atomic mass is 16.2. The molecular weight excluding hydrogens is 384 g/mol. The standard InChI is InChI=1S/C21H20N6O3/c1-12(2)17-23-20(26-25-17)24-18(28)16(13-8-4-3-5-9-13)27-19(29)14-10-6-7-11-15(14)22-21(27)30/h3-12,16H,1-2H3,(H,22,30)(H2,23,24,25,26,28). The van der Waals surface area contributed by atoms with Gasteiger partial charge in [0.15, 0.2) is 0 Å². The first-order chi connectivity index (χ1) is 14.5. The van der Waals surface area contributed by atoms with E-state index in [-0.39, 0.29) is 11.9 Å². The number of aromatic amines is 2. The van der Waals surface area contributed by atoms with Crippen LogP contribution in [0.5, 0.6) is 0 Å². The quantitative estimate of drug-likeness (QED) is 0.470. The van der Waals surface area contributed by atoms with Gasteiger partial charge in [0.2, 0.25) is 5.95 Å². The largest absolute Gasteiger partial charge is 0.329 e. The van der Waals surface area contributed by atoms with E-state index in [0.29, 0.717) is 22.3 Å². The van der Waals surface area contributed by atoms with Gasteiger partial charge in [-0.3, -0.25) is 20.0 Å². The van der Waals surface area contributed by atoms with Crippen molar-refractivity contribution in [3.63, 3.8) is 0 Å². The summed E-state index contributed by atoms with van der Waals surface area (Å²) in [6.45, 7) is 3.88. The van der Waals surface area contributed by atoms with Crippen molar-refractivity contribution < 1.29 is 4.79 Å². The van der Waals surface area contributed by atoms with Crippen molar-refractivity contribution in [2.24, 2.45) is 0 Å². The average molecular weight is 404 g/mol. The number of aromatic nitrogens is 5. The molecule has 0 bridgehead atoms. The van der Waals surface area contributed by atoms with Crippen LogP contribution in [0.4, 0.5) is 5.95 Å². The van der Waals surface area contributed by atoms with E-state index in [2.05, 4.69) is 25.5 Å². The van der Waals surface area contributed by atoms with Gasteiger partial charge in [-0.2, -0.15) is 4.98 Å². The number of nitrogens with zero attached hydrogens (tertiary/aromatic N) is 3. The number of carbonyl (C=O) groups is 1. The van der Waals surface area contributed by atoms with E-state index in [1.165, 1.54) is 0 Å². The van der Waals surface area contributed by atoms with Crippen LogP contribution in [-0.2, 0) is 4.79 Å². The Morgan fingerprint density at radius 1 is 1.03 bits per heavy atom. The summed E-state index contributed by atoms with van der Waals surface area (Å²) < 4.78 is 0.920. The van der Waals surface area contributed by atoms with E-state index in [1.807, 2.05) is 13.8 Å². The van der Waals surface area contributed by atoms with Crippen LogP contribution >= 0.6 is 0 Å². The van der Waals surface area contributed by atoms with Crippen molar-refractivity contribution in [2.75, 3.05) is 5.32 Å². The van der Waals surface area contributed by atoms with Gasteiger partial charge in [0.1, 0.15) is 11.9 Å². The van der Waals surface area contributed by atoms with Crippen LogP contribution < -0.4 is 16.6 Å². The zero-order valence-electron chi connectivity index (χ0n) is 16.4. The van der Waals surface area contributed by atoms with Crippen LogP contribution in [0.1, 0.15) is 37.2 Å². The Kier molecular flexibility index (Phi) is 5.01. The van der Waals surface area contributed by atoms with Crippen molar-refractivity contribution in [3.8, 4) is 0 Å². The van der Waals surface area contributed by atoms with Crippen LogP contribution in [0.2, 0.25) is 0 Å². The van der Waals surface area contributed by atoms with Gasteiger partial charge in [0.05, 0.1) is 10.9 Å². The molecular formula is C21H20N6O3. The zero-order chi connectivity index (χ0) is 21.3. The predicted octanol–water partition coefficient (Wildman–Crippen LogP) is 2.16. The Balaban J connectivity index is 1.84. The van der Waals surface area contributed by atoms with Crippen LogP contribution in [0.15, 0.2) is 64.2 Å². The van der Waals surface area contributed by atoms with Gasteiger partial charge in [-0.25, -0.2) is 9.36 Å². The third-order valence-electron chi connectivity index (χ3n) is 4.74. The van der Waals surface area contributed by atoms with Gasteiger partial charge in [-0.1, -0.05) is 56.3 Å². The molecule has 0 saturated carbocycles. The number of benzene rings is 2. The molecule has 0 fully saturated rings. The van der Waals surface area contributed by atoms with Crippen molar-refractivity contribution in [3.05, 3.63) is 86.8 Å². The maximum absolute atomic E-state index is 13.2. The molecule has 0 aliphatic heterocycles. The number of anilines is 1. The van der Waals surface area contributed by atoms with Crippen LogP contribution in [-0.4, -0.2) is 30.6 Å². The molecule has 2 aromatic carbocycles. The Hall–Kier alpha value is -4.01. The maximum atomic E-state index is 13.2. The summed E-state index contributed by atoms with van der Waals surface area (Å²) in [4.78, 5) is 46.1. The molecule has 2 heterocycles. The van der Waals surface area contributed by atoms with E-state index in [4.69, 9.17) is 0 Å². The van der Waals surface area contributed by atoms with Crippen molar-refractivity contribution in [2.45, 2.75) is 25.8 Å². The Morgan fingerprint density at radius 2 is 1.73 bits per heavy atom. The van der Waals surface area contributed by atoms with Crippen molar-refractivity contribution >= 4 is 22.8 Å². The molecule has 1 amide bonds. The molecule has 30 heavy (non-hydrogen) atoms. The van der Waals surface area contributed by atoms with Gasteiger partial charge in [-0.15, -0.1) is 5.10 Å². The third kappa shape index (κ3) is 3.52. The first kappa shape index (κ1) is 19.3. The summed E-state index contributed by atoms with van der Waals surface area (Å²) in [7, 11) is 0. The smallest absolute Gasteiger partial charge is 0.307 e. The third-order valence-corrected chi connectivity index (χ3v) is 4.74. The highest BCUT2D eigenvalue weighted by Gasteiger charge is 2.27. The van der Waals surface area contributed by atoms with Crippen LogP contribution in [0.3, 0.4) is 0 Å². The lowest BCUT2D eigenvalue weighted by atomic mass is 10.1. The van der Waals surface area contributed by atoms with E-state index in [1.54, 1.807) is 54.6 Å². The minimum Gasteiger partial charge on any atom is -0.307 e. The average Bonchev–Trinajstić information content (AvgIpc) is 3.20. The first-order valence-corrected chi connectivity index (χ1v) is 9.47. The van der Waals surface area contributed by atoms with Gasteiger partial charge in [0, 0.05) is 5.92 Å². The molecule has 1 unspecified atom stereocenters. The summed E-state index contributed by atoms with van der Waals surface area (Å²) in [5.41, 5.74) is -0.346. The highest BCUT2D eigenvalue weighted by molar-refractivity contribution is 5.94. The number of H-pyrrole nitrogens is 2. The second-order valence-electron chi connectivity index (χ2n) is 7.15. The lowest BCUT2D eigenvalue weighted by Crippen LogP contribution is -2.43. The molecule has 0 radical (unpaired) electrons. The second-order valence-corrected chi connectivity index (χ2v) is 7.15. The predicted molar refractivity (Wildman–Crippen MR) is 113 cm³/mol. The molecule has 0 saturated heterocycles. The molecule has 0 spiro atoms. The number of hydrogen-bond acceptors (Lipinski definition) is 5. The second kappa shape index (κ2) is 7.78. The SMILES string of the molecule is CC(C)c1nc(NC(=O)C(c2ccccc2)n2c(=O)[nH]c3ccccc3c2=O)n[nH]1. The van der Waals surface area contributed by atoms with Gasteiger partial charge >= 0.3 is 5.69 Å². The van der Waals surface area contributed by atoms with Crippen molar-refractivity contribution in [1.82, 2.24) is 24.7 Å². The summed E-state index contributed by atoms with van der Waals surface area (Å²) in [5.74, 6) is 0.189. The highest BCUT2D eigenvalue weighted by Crippen LogP contribution is 2.19. The van der Waals surface area contributed by atoms with Gasteiger partial charge < -0.3 is 4.98 Å². The summed E-state index contributed by atoms with van der Waals surface area (Å²) >= 11 is 0. The number of hydrogen-bond donors (Lipinski definition) is 3. The number of amides is 1. The minimum atomic E-state index is -1.20. The topological polar surface area (TPSA) is 126 Å². The fourth-order valence-corrected chi connectivity index (χ4v) is 3.23. The molecule has 4 aromatic rings. The van der Waals surface area contributed by atoms with Gasteiger partial charge in [-0.05, 0) is 17.7 Å². The Labute approximate surface area is 170 Å². The summed E-state index contributed by atoms with van der Waals surface area (Å²) in [5, 5.41) is 9.69. The normalized spacial score (nSPS) is 12.2. The van der Waals surface area contributed by atoms with E-state index < -0.39 is 23.2 Å².